The normalized spacial score (nSPS) is 29.7. The first-order valence-corrected chi connectivity index (χ1v) is 13.7. The molecule has 0 aromatic carbocycles. The van der Waals surface area contributed by atoms with Gasteiger partial charge in [0.15, 0.2) is 0 Å². The zero-order valence-electron chi connectivity index (χ0n) is 22.2. The minimum atomic E-state index is 0.113. The maximum atomic E-state index is 6.40. The van der Waals surface area contributed by atoms with Crippen LogP contribution in [0.25, 0.3) is 0 Å². The number of ether oxygens (including phenoxy) is 1. The van der Waals surface area contributed by atoms with Crippen LogP contribution in [0.3, 0.4) is 0 Å². The molecule has 4 rings (SSSR count). The van der Waals surface area contributed by atoms with E-state index in [0.717, 1.165) is 19.7 Å². The highest BCUT2D eigenvalue weighted by atomic mass is 16.5. The van der Waals surface area contributed by atoms with E-state index >= 15 is 0 Å². The highest BCUT2D eigenvalue weighted by Crippen LogP contribution is 2.42. The van der Waals surface area contributed by atoms with Gasteiger partial charge < -0.3 is 14.5 Å². The second-order valence-corrected chi connectivity index (χ2v) is 12.8. The van der Waals surface area contributed by atoms with Crippen LogP contribution < -0.4 is 0 Å². The SMILES string of the molecule is CC(C)N1CCOC2(CCN(C(C)CC(C)(C)N3CCCC4(CCN(C)CC4)C3)CC2)C1. The van der Waals surface area contributed by atoms with Crippen LogP contribution in [0.2, 0.25) is 0 Å². The molecule has 0 aromatic heterocycles. The van der Waals surface area contributed by atoms with Crippen molar-refractivity contribution in [2.24, 2.45) is 5.41 Å². The van der Waals surface area contributed by atoms with Crippen molar-refractivity contribution in [1.29, 1.82) is 0 Å². The molecule has 5 nitrogen and oxygen atoms in total. The van der Waals surface area contributed by atoms with E-state index < -0.39 is 0 Å². The molecule has 1 unspecified atom stereocenters. The summed E-state index contributed by atoms with van der Waals surface area (Å²) in [5.41, 5.74) is 0.978. The molecule has 0 saturated carbocycles. The van der Waals surface area contributed by atoms with Crippen molar-refractivity contribution in [3.05, 3.63) is 0 Å². The fourth-order valence-corrected chi connectivity index (χ4v) is 7.20. The highest BCUT2D eigenvalue weighted by Gasteiger charge is 2.44. The number of hydrogen-bond acceptors (Lipinski definition) is 5. The van der Waals surface area contributed by atoms with Gasteiger partial charge in [-0.3, -0.25) is 9.80 Å². The summed E-state index contributed by atoms with van der Waals surface area (Å²) < 4.78 is 6.40. The Balaban J connectivity index is 1.30. The van der Waals surface area contributed by atoms with Gasteiger partial charge in [-0.25, -0.2) is 0 Å². The minimum Gasteiger partial charge on any atom is -0.372 e. The van der Waals surface area contributed by atoms with Crippen molar-refractivity contribution < 1.29 is 4.74 Å². The molecular weight excluding hydrogens is 396 g/mol. The average molecular weight is 449 g/mol. The van der Waals surface area contributed by atoms with E-state index in [1.165, 1.54) is 84.2 Å². The van der Waals surface area contributed by atoms with Gasteiger partial charge in [0.05, 0.1) is 12.2 Å². The van der Waals surface area contributed by atoms with Crippen LogP contribution in [0.5, 0.6) is 0 Å². The Kier molecular flexibility index (Phi) is 7.64. The molecule has 4 heterocycles. The minimum absolute atomic E-state index is 0.113. The van der Waals surface area contributed by atoms with Gasteiger partial charge >= 0.3 is 0 Å². The van der Waals surface area contributed by atoms with Crippen molar-refractivity contribution in [3.8, 4) is 0 Å². The van der Waals surface area contributed by atoms with Crippen LogP contribution in [0.1, 0.15) is 79.6 Å². The third-order valence-electron chi connectivity index (χ3n) is 9.70. The van der Waals surface area contributed by atoms with Gasteiger partial charge in [0.25, 0.3) is 0 Å². The van der Waals surface area contributed by atoms with Gasteiger partial charge in [-0.1, -0.05) is 0 Å². The first-order valence-electron chi connectivity index (χ1n) is 13.7. The Hall–Kier alpha value is -0.200. The van der Waals surface area contributed by atoms with E-state index in [1.54, 1.807) is 0 Å². The van der Waals surface area contributed by atoms with E-state index in [9.17, 15) is 0 Å². The molecule has 0 amide bonds. The Morgan fingerprint density at radius 3 is 2.16 bits per heavy atom. The van der Waals surface area contributed by atoms with Crippen molar-refractivity contribution in [2.75, 3.05) is 66.0 Å². The van der Waals surface area contributed by atoms with E-state index in [1.807, 2.05) is 0 Å². The smallest absolute Gasteiger partial charge is 0.0833 e. The Labute approximate surface area is 198 Å². The van der Waals surface area contributed by atoms with Gasteiger partial charge in [-0.15, -0.1) is 0 Å². The van der Waals surface area contributed by atoms with E-state index in [2.05, 4.69) is 61.3 Å². The summed E-state index contributed by atoms with van der Waals surface area (Å²) in [4.78, 5) is 10.8. The molecule has 2 spiro atoms. The lowest BCUT2D eigenvalue weighted by Crippen LogP contribution is -2.60. The fraction of sp³-hybridized carbons (Fsp3) is 1.00. The number of morpholine rings is 1. The molecule has 0 aliphatic carbocycles. The molecule has 0 bridgehead atoms. The molecule has 0 aromatic rings. The summed E-state index contributed by atoms with van der Waals surface area (Å²) in [5.74, 6) is 0. The predicted octanol–water partition coefficient (Wildman–Crippen LogP) is 3.93. The summed E-state index contributed by atoms with van der Waals surface area (Å²) in [7, 11) is 2.29. The molecular formula is C27H52N4O. The Morgan fingerprint density at radius 1 is 0.812 bits per heavy atom. The topological polar surface area (TPSA) is 22.2 Å². The highest BCUT2D eigenvalue weighted by molar-refractivity contribution is 4.98. The van der Waals surface area contributed by atoms with Gasteiger partial charge in [0.2, 0.25) is 0 Å². The standard InChI is InChI=1S/C27H52N4O/c1-23(2)30-18-19-32-27(22-30)11-16-29(17-12-27)24(3)20-25(4,5)31-13-7-8-26(21-31)9-14-28(6)15-10-26/h23-24H,7-22H2,1-6H3. The summed E-state index contributed by atoms with van der Waals surface area (Å²) in [5, 5.41) is 0. The summed E-state index contributed by atoms with van der Waals surface area (Å²) >= 11 is 0. The van der Waals surface area contributed by atoms with Gasteiger partial charge in [0, 0.05) is 50.3 Å². The molecule has 0 N–H and O–H groups in total. The van der Waals surface area contributed by atoms with Crippen molar-refractivity contribution in [1.82, 2.24) is 19.6 Å². The lowest BCUT2D eigenvalue weighted by Gasteiger charge is -2.53. The first-order chi connectivity index (χ1) is 15.1. The third-order valence-corrected chi connectivity index (χ3v) is 9.70. The van der Waals surface area contributed by atoms with Crippen molar-refractivity contribution >= 4 is 0 Å². The molecule has 186 valence electrons. The molecule has 4 aliphatic heterocycles. The van der Waals surface area contributed by atoms with Crippen LogP contribution in [0.4, 0.5) is 0 Å². The molecule has 32 heavy (non-hydrogen) atoms. The quantitative estimate of drug-likeness (QED) is 0.634. The summed E-state index contributed by atoms with van der Waals surface area (Å²) in [6.45, 7) is 22.9. The summed E-state index contributed by atoms with van der Waals surface area (Å²) in [6, 6.07) is 1.27. The molecule has 1 atom stereocenters. The molecule has 4 saturated heterocycles. The largest absolute Gasteiger partial charge is 0.372 e. The molecule has 0 radical (unpaired) electrons. The lowest BCUT2D eigenvalue weighted by atomic mass is 9.71. The number of piperidine rings is 3. The molecule has 4 fully saturated rings. The number of likely N-dealkylation sites (tertiary alicyclic amines) is 3. The van der Waals surface area contributed by atoms with Crippen molar-refractivity contribution in [3.63, 3.8) is 0 Å². The van der Waals surface area contributed by atoms with Crippen LogP contribution in [0, 0.1) is 5.41 Å². The van der Waals surface area contributed by atoms with Crippen LogP contribution in [0.15, 0.2) is 0 Å². The van der Waals surface area contributed by atoms with Crippen LogP contribution in [-0.4, -0.2) is 109 Å². The van der Waals surface area contributed by atoms with E-state index in [-0.39, 0.29) is 11.1 Å². The number of rotatable bonds is 5. The predicted molar refractivity (Wildman–Crippen MR) is 134 cm³/mol. The second-order valence-electron chi connectivity index (χ2n) is 12.8. The van der Waals surface area contributed by atoms with Gasteiger partial charge in [-0.05, 0) is 112 Å². The Bertz CT molecular complexity index is 605. The zero-order chi connectivity index (χ0) is 23.0. The maximum Gasteiger partial charge on any atom is 0.0833 e. The number of nitrogens with zero attached hydrogens (tertiary/aromatic N) is 4. The van der Waals surface area contributed by atoms with Gasteiger partial charge in [-0.2, -0.15) is 0 Å². The lowest BCUT2D eigenvalue weighted by molar-refractivity contribution is -0.144. The number of hydrogen-bond donors (Lipinski definition) is 0. The molecule has 5 heteroatoms. The fourth-order valence-electron chi connectivity index (χ4n) is 7.20. The Morgan fingerprint density at radius 2 is 1.50 bits per heavy atom. The molecule has 4 aliphatic rings. The zero-order valence-corrected chi connectivity index (χ0v) is 22.2. The average Bonchev–Trinajstić information content (AvgIpc) is 2.76. The monoisotopic (exact) mass is 448 g/mol. The van der Waals surface area contributed by atoms with E-state index in [0.29, 0.717) is 17.5 Å². The van der Waals surface area contributed by atoms with Crippen molar-refractivity contribution in [2.45, 2.75) is 103 Å². The first kappa shape index (κ1) is 24.9. The van der Waals surface area contributed by atoms with Crippen LogP contribution in [-0.2, 0) is 4.74 Å². The van der Waals surface area contributed by atoms with Crippen LogP contribution >= 0.6 is 0 Å². The van der Waals surface area contributed by atoms with E-state index in [4.69, 9.17) is 4.74 Å². The second kappa shape index (κ2) is 9.81. The van der Waals surface area contributed by atoms with Gasteiger partial charge in [0.1, 0.15) is 0 Å². The summed E-state index contributed by atoms with van der Waals surface area (Å²) in [6.07, 6.45) is 9.29. The third kappa shape index (κ3) is 5.54. The maximum absolute atomic E-state index is 6.40.